The van der Waals surface area contributed by atoms with E-state index in [0.29, 0.717) is 5.69 Å². The van der Waals surface area contributed by atoms with Crippen molar-refractivity contribution in [1.82, 2.24) is 0 Å². The number of para-hydroxylation sites is 1. The Morgan fingerprint density at radius 1 is 1.08 bits per heavy atom. The number of carbonyl (C=O) groups excluding carboxylic acids is 1. The number of benzene rings is 2. The van der Waals surface area contributed by atoms with Crippen molar-refractivity contribution < 1.29 is 19.8 Å². The summed E-state index contributed by atoms with van der Waals surface area (Å²) in [6.45, 7) is 1.44. The van der Waals surface area contributed by atoms with Crippen molar-refractivity contribution in [1.29, 1.82) is 0 Å². The van der Waals surface area contributed by atoms with Gasteiger partial charge in [-0.2, -0.15) is 0 Å². The Kier molecular flexibility index (Phi) is 5.55. The zero-order chi connectivity index (χ0) is 17.7. The molecule has 6 nitrogen and oxygen atoms in total. The van der Waals surface area contributed by atoms with Gasteiger partial charge in [-0.1, -0.05) is 30.3 Å². The second kappa shape index (κ2) is 7.61. The van der Waals surface area contributed by atoms with Gasteiger partial charge in [-0.25, -0.2) is 4.79 Å². The quantitative estimate of drug-likeness (QED) is 0.750. The molecule has 6 heteroatoms. The third-order valence-electron chi connectivity index (χ3n) is 3.73. The van der Waals surface area contributed by atoms with Gasteiger partial charge >= 0.3 is 5.97 Å². The van der Waals surface area contributed by atoms with Gasteiger partial charge in [0.05, 0.1) is 6.04 Å². The van der Waals surface area contributed by atoms with Crippen LogP contribution in [-0.2, 0) is 16.0 Å². The fraction of sp³-hybridized carbons (Fsp3) is 0.222. The first-order valence-electron chi connectivity index (χ1n) is 7.54. The monoisotopic (exact) mass is 328 g/mol. The Morgan fingerprint density at radius 3 is 2.21 bits per heavy atom. The van der Waals surface area contributed by atoms with E-state index in [-0.39, 0.29) is 12.2 Å². The van der Waals surface area contributed by atoms with Crippen LogP contribution in [0.2, 0.25) is 0 Å². The molecule has 0 radical (unpaired) electrons. The predicted molar refractivity (Wildman–Crippen MR) is 90.8 cm³/mol. The Labute approximate surface area is 140 Å². The van der Waals surface area contributed by atoms with Gasteiger partial charge in [0.15, 0.2) is 0 Å². The van der Waals surface area contributed by atoms with Crippen LogP contribution in [-0.4, -0.2) is 34.2 Å². The van der Waals surface area contributed by atoms with E-state index < -0.39 is 24.0 Å². The molecule has 0 saturated carbocycles. The lowest BCUT2D eigenvalue weighted by atomic mass is 10.0. The van der Waals surface area contributed by atoms with Gasteiger partial charge in [-0.05, 0) is 43.2 Å². The molecule has 0 aliphatic heterocycles. The van der Waals surface area contributed by atoms with Gasteiger partial charge in [-0.15, -0.1) is 0 Å². The molecule has 2 aromatic carbocycles. The highest BCUT2D eigenvalue weighted by molar-refractivity contribution is 6.01. The molecular formula is C18H20N2O4. The summed E-state index contributed by atoms with van der Waals surface area (Å²) in [6, 6.07) is 13.0. The highest BCUT2D eigenvalue weighted by Gasteiger charge is 2.30. The van der Waals surface area contributed by atoms with Crippen LogP contribution >= 0.6 is 0 Å². The van der Waals surface area contributed by atoms with Gasteiger partial charge in [0.1, 0.15) is 11.8 Å². The molecule has 126 valence electrons. The van der Waals surface area contributed by atoms with E-state index in [0.717, 1.165) is 5.56 Å². The number of carboxylic acids is 1. The summed E-state index contributed by atoms with van der Waals surface area (Å²) in [7, 11) is 0. The lowest BCUT2D eigenvalue weighted by molar-refractivity contribution is -0.139. The number of hydrogen-bond donors (Lipinski definition) is 3. The van der Waals surface area contributed by atoms with E-state index in [1.165, 1.54) is 24.0 Å². The molecule has 2 rings (SSSR count). The van der Waals surface area contributed by atoms with Crippen molar-refractivity contribution >= 4 is 17.6 Å². The SMILES string of the molecule is CC(C(=O)O)N(C(=O)C(N)Cc1ccc(O)cc1)c1ccccc1. The Hall–Kier alpha value is -2.86. The average Bonchev–Trinajstić information content (AvgIpc) is 2.57. The summed E-state index contributed by atoms with van der Waals surface area (Å²) in [6.07, 6.45) is 0.245. The summed E-state index contributed by atoms with van der Waals surface area (Å²) >= 11 is 0. The maximum Gasteiger partial charge on any atom is 0.326 e. The smallest absolute Gasteiger partial charge is 0.326 e. The van der Waals surface area contributed by atoms with E-state index in [1.54, 1.807) is 42.5 Å². The number of carbonyl (C=O) groups is 2. The normalized spacial score (nSPS) is 13.1. The Bertz CT molecular complexity index is 701. The van der Waals surface area contributed by atoms with Crippen molar-refractivity contribution in [3.8, 4) is 5.75 Å². The van der Waals surface area contributed by atoms with Crippen LogP contribution in [0.5, 0.6) is 5.75 Å². The zero-order valence-corrected chi connectivity index (χ0v) is 13.3. The number of carboxylic acid groups (broad SMARTS) is 1. The molecule has 2 aromatic rings. The average molecular weight is 328 g/mol. The molecule has 0 saturated heterocycles. The number of phenolic OH excluding ortho intramolecular Hbond substituents is 1. The fourth-order valence-electron chi connectivity index (χ4n) is 2.39. The first-order valence-corrected chi connectivity index (χ1v) is 7.54. The molecule has 2 atom stereocenters. The first-order chi connectivity index (χ1) is 11.4. The van der Waals surface area contributed by atoms with Crippen LogP contribution in [0.4, 0.5) is 5.69 Å². The van der Waals surface area contributed by atoms with Gasteiger partial charge in [0, 0.05) is 5.69 Å². The van der Waals surface area contributed by atoms with Crippen LogP contribution < -0.4 is 10.6 Å². The molecule has 2 unspecified atom stereocenters. The van der Waals surface area contributed by atoms with Crippen LogP contribution in [0.25, 0.3) is 0 Å². The van der Waals surface area contributed by atoms with Gasteiger partial charge in [0.2, 0.25) is 5.91 Å². The van der Waals surface area contributed by atoms with Gasteiger partial charge in [0.25, 0.3) is 0 Å². The van der Waals surface area contributed by atoms with Crippen LogP contribution in [0, 0.1) is 0 Å². The molecule has 0 spiro atoms. The molecule has 4 N–H and O–H groups in total. The second-order valence-corrected chi connectivity index (χ2v) is 5.54. The van der Waals surface area contributed by atoms with Crippen LogP contribution in [0.3, 0.4) is 0 Å². The largest absolute Gasteiger partial charge is 0.508 e. The Balaban J connectivity index is 2.23. The summed E-state index contributed by atoms with van der Waals surface area (Å²) in [5.74, 6) is -1.45. The highest BCUT2D eigenvalue weighted by atomic mass is 16.4. The van der Waals surface area contributed by atoms with Crippen molar-refractivity contribution in [2.75, 3.05) is 4.90 Å². The predicted octanol–water partition coefficient (Wildman–Crippen LogP) is 1.77. The first kappa shape index (κ1) is 17.5. The molecule has 0 heterocycles. The maximum atomic E-state index is 12.7. The highest BCUT2D eigenvalue weighted by Crippen LogP contribution is 2.19. The molecule has 0 fully saturated rings. The van der Waals surface area contributed by atoms with Crippen LogP contribution in [0.1, 0.15) is 12.5 Å². The number of aromatic hydroxyl groups is 1. The minimum atomic E-state index is -1.11. The standard InChI is InChI=1S/C18H20N2O4/c1-12(18(23)24)20(14-5-3-2-4-6-14)17(22)16(19)11-13-7-9-15(21)10-8-13/h2-10,12,16,21H,11,19H2,1H3,(H,23,24). The molecule has 1 amide bonds. The second-order valence-electron chi connectivity index (χ2n) is 5.54. The third kappa shape index (κ3) is 4.11. The van der Waals surface area contributed by atoms with Crippen molar-refractivity contribution in [2.45, 2.75) is 25.4 Å². The Morgan fingerprint density at radius 2 is 1.67 bits per heavy atom. The number of phenols is 1. The number of anilines is 1. The van der Waals surface area contributed by atoms with E-state index >= 15 is 0 Å². The van der Waals surface area contributed by atoms with Crippen molar-refractivity contribution in [2.24, 2.45) is 5.73 Å². The topological polar surface area (TPSA) is 104 Å². The lowest BCUT2D eigenvalue weighted by Gasteiger charge is -2.29. The number of amides is 1. The van der Waals surface area contributed by atoms with E-state index in [4.69, 9.17) is 5.73 Å². The zero-order valence-electron chi connectivity index (χ0n) is 13.3. The number of hydrogen-bond acceptors (Lipinski definition) is 4. The van der Waals surface area contributed by atoms with E-state index in [2.05, 4.69) is 0 Å². The summed E-state index contributed by atoms with van der Waals surface area (Å²) in [4.78, 5) is 25.3. The fourth-order valence-corrected chi connectivity index (χ4v) is 2.39. The van der Waals surface area contributed by atoms with Gasteiger partial charge in [-0.3, -0.25) is 9.69 Å². The van der Waals surface area contributed by atoms with Crippen LogP contribution in [0.15, 0.2) is 54.6 Å². The molecular weight excluding hydrogens is 308 g/mol. The molecule has 0 bridgehead atoms. The molecule has 0 aliphatic rings. The maximum absolute atomic E-state index is 12.7. The lowest BCUT2D eigenvalue weighted by Crippen LogP contribution is -2.51. The number of aliphatic carboxylic acids is 1. The number of rotatable bonds is 6. The molecule has 0 aliphatic carbocycles. The molecule has 24 heavy (non-hydrogen) atoms. The summed E-state index contributed by atoms with van der Waals surface area (Å²) in [5, 5.41) is 18.6. The van der Waals surface area contributed by atoms with Crippen molar-refractivity contribution in [3.05, 3.63) is 60.2 Å². The summed E-state index contributed by atoms with van der Waals surface area (Å²) < 4.78 is 0. The number of nitrogens with zero attached hydrogens (tertiary/aromatic N) is 1. The van der Waals surface area contributed by atoms with E-state index in [1.807, 2.05) is 0 Å². The summed E-state index contributed by atoms with van der Waals surface area (Å²) in [5.41, 5.74) is 7.28. The minimum absolute atomic E-state index is 0.129. The minimum Gasteiger partial charge on any atom is -0.508 e. The van der Waals surface area contributed by atoms with E-state index in [9.17, 15) is 19.8 Å². The van der Waals surface area contributed by atoms with Gasteiger partial charge < -0.3 is 15.9 Å². The van der Waals surface area contributed by atoms with Crippen molar-refractivity contribution in [3.63, 3.8) is 0 Å². The molecule has 0 aromatic heterocycles. The third-order valence-corrected chi connectivity index (χ3v) is 3.73. The number of nitrogens with two attached hydrogens (primary N) is 1.